The zero-order valence-electron chi connectivity index (χ0n) is 16.7. The van der Waals surface area contributed by atoms with Gasteiger partial charge in [0.05, 0.1) is 13.3 Å². The molecular formula is C20H26Br2N6O. The average Bonchev–Trinajstić information content (AvgIpc) is 2.99. The monoisotopic (exact) mass is 524 g/mol. The second-order valence-corrected chi connectivity index (χ2v) is 6.16. The van der Waals surface area contributed by atoms with E-state index in [1.54, 1.807) is 6.21 Å². The van der Waals surface area contributed by atoms with E-state index in [1.807, 2.05) is 38.2 Å². The second kappa shape index (κ2) is 11.6. The molecule has 2 heterocycles. The van der Waals surface area contributed by atoms with Gasteiger partial charge in [0, 0.05) is 12.6 Å². The van der Waals surface area contributed by atoms with Gasteiger partial charge in [-0.1, -0.05) is 6.07 Å². The van der Waals surface area contributed by atoms with Crippen molar-refractivity contribution in [2.45, 2.75) is 20.5 Å². The molecule has 0 spiro atoms. The number of nitrogens with two attached hydrogens (primary N) is 1. The molecule has 0 fully saturated rings. The third-order valence-electron chi connectivity index (χ3n) is 4.25. The minimum Gasteiger partial charge on any atom is -1.00 e. The second-order valence-electron chi connectivity index (χ2n) is 6.16. The van der Waals surface area contributed by atoms with Crippen LogP contribution in [0.4, 0.5) is 0 Å². The number of halogens is 2. The molecule has 156 valence electrons. The van der Waals surface area contributed by atoms with Crippen LogP contribution in [0.15, 0.2) is 58.8 Å². The van der Waals surface area contributed by atoms with E-state index >= 15 is 0 Å². The molecule has 1 aromatic carbocycles. The molecule has 0 amide bonds. The van der Waals surface area contributed by atoms with Gasteiger partial charge in [0.15, 0.2) is 12.3 Å². The van der Waals surface area contributed by atoms with Crippen LogP contribution in [0.2, 0.25) is 0 Å². The smallest absolute Gasteiger partial charge is 0.286 e. The fraction of sp³-hybridized carbons (Fsp3) is 0.250. The SMILES string of the molecule is Br.CCN=C(N)N/N=C/c1ccc(OCc2c[n+]3c(C)cccc3n2C)cc1.[Br-]. The Balaban J connectivity index is 0.00000210. The summed E-state index contributed by atoms with van der Waals surface area (Å²) < 4.78 is 10.2. The van der Waals surface area contributed by atoms with E-state index in [-0.39, 0.29) is 34.0 Å². The van der Waals surface area contributed by atoms with Crippen molar-refractivity contribution in [3.8, 4) is 5.75 Å². The molecule has 0 atom stereocenters. The molecule has 0 saturated carbocycles. The van der Waals surface area contributed by atoms with Crippen molar-refractivity contribution in [1.82, 2.24) is 9.99 Å². The van der Waals surface area contributed by atoms with Gasteiger partial charge < -0.3 is 27.5 Å². The lowest BCUT2D eigenvalue weighted by atomic mass is 10.2. The van der Waals surface area contributed by atoms with E-state index in [4.69, 9.17) is 10.5 Å². The van der Waals surface area contributed by atoms with Crippen molar-refractivity contribution in [2.75, 3.05) is 6.54 Å². The first-order valence-corrected chi connectivity index (χ1v) is 8.86. The Bertz CT molecular complexity index is 983. The number of guanidine groups is 1. The minimum atomic E-state index is 0. The number of fused-ring (bicyclic) bond motifs is 1. The maximum Gasteiger partial charge on any atom is 0.286 e. The summed E-state index contributed by atoms with van der Waals surface area (Å²) in [4.78, 5) is 4.00. The summed E-state index contributed by atoms with van der Waals surface area (Å²) in [7, 11) is 2.05. The molecule has 3 rings (SSSR count). The Morgan fingerprint density at radius 2 is 1.97 bits per heavy atom. The fourth-order valence-electron chi connectivity index (χ4n) is 2.76. The average molecular weight is 526 g/mol. The lowest BCUT2D eigenvalue weighted by Crippen LogP contribution is -3.00. The molecule has 9 heteroatoms. The Morgan fingerprint density at radius 1 is 1.24 bits per heavy atom. The van der Waals surface area contributed by atoms with Crippen molar-refractivity contribution in [1.29, 1.82) is 0 Å². The number of benzene rings is 1. The number of ether oxygens (including phenoxy) is 1. The summed E-state index contributed by atoms with van der Waals surface area (Å²) in [6.07, 6.45) is 3.80. The Morgan fingerprint density at radius 3 is 2.62 bits per heavy atom. The molecule has 2 aromatic heterocycles. The first-order valence-electron chi connectivity index (χ1n) is 8.86. The fourth-order valence-corrected chi connectivity index (χ4v) is 2.76. The van der Waals surface area contributed by atoms with Crippen LogP contribution in [0.5, 0.6) is 5.75 Å². The molecule has 3 aromatic rings. The van der Waals surface area contributed by atoms with Gasteiger partial charge in [-0.2, -0.15) is 9.50 Å². The van der Waals surface area contributed by atoms with E-state index in [9.17, 15) is 0 Å². The van der Waals surface area contributed by atoms with Gasteiger partial charge in [0.1, 0.15) is 17.6 Å². The van der Waals surface area contributed by atoms with E-state index in [0.717, 1.165) is 22.7 Å². The van der Waals surface area contributed by atoms with Crippen molar-refractivity contribution >= 4 is 34.8 Å². The maximum absolute atomic E-state index is 5.94. The van der Waals surface area contributed by atoms with Gasteiger partial charge in [0.25, 0.3) is 5.65 Å². The van der Waals surface area contributed by atoms with Gasteiger partial charge in [-0.05, 0) is 49.7 Å². The van der Waals surface area contributed by atoms with Crippen LogP contribution in [-0.4, -0.2) is 23.3 Å². The van der Waals surface area contributed by atoms with Crippen LogP contribution in [0.1, 0.15) is 23.9 Å². The molecule has 0 aliphatic rings. The van der Waals surface area contributed by atoms with Crippen LogP contribution >= 0.6 is 17.0 Å². The van der Waals surface area contributed by atoms with Gasteiger partial charge >= 0.3 is 0 Å². The number of pyridine rings is 1. The molecule has 0 unspecified atom stereocenters. The quantitative estimate of drug-likeness (QED) is 0.197. The van der Waals surface area contributed by atoms with Gasteiger partial charge in [-0.15, -0.1) is 17.0 Å². The molecule has 7 nitrogen and oxygen atoms in total. The van der Waals surface area contributed by atoms with Crippen LogP contribution in [0, 0.1) is 6.92 Å². The molecule has 0 aliphatic heterocycles. The third-order valence-corrected chi connectivity index (χ3v) is 4.25. The molecular weight excluding hydrogens is 500 g/mol. The maximum atomic E-state index is 5.94. The summed E-state index contributed by atoms with van der Waals surface area (Å²) in [6, 6.07) is 14.0. The van der Waals surface area contributed by atoms with Gasteiger partial charge in [-0.3, -0.25) is 4.99 Å². The normalized spacial score (nSPS) is 11.2. The number of imidazole rings is 1. The van der Waals surface area contributed by atoms with E-state index in [1.165, 1.54) is 5.69 Å². The first kappa shape index (κ1) is 24.6. The summed E-state index contributed by atoms with van der Waals surface area (Å²) >= 11 is 0. The molecule has 0 aliphatic carbocycles. The largest absolute Gasteiger partial charge is 1.00 e. The zero-order valence-corrected chi connectivity index (χ0v) is 20.0. The Hall–Kier alpha value is -2.39. The number of aliphatic imine (C=N–C) groups is 1. The highest BCUT2D eigenvalue weighted by molar-refractivity contribution is 8.93. The zero-order chi connectivity index (χ0) is 19.2. The minimum absolute atomic E-state index is 0. The van der Waals surface area contributed by atoms with Gasteiger partial charge in [0.2, 0.25) is 5.96 Å². The summed E-state index contributed by atoms with van der Waals surface area (Å²) in [5, 5.41) is 4.05. The highest BCUT2D eigenvalue weighted by Crippen LogP contribution is 2.14. The number of hydrazone groups is 1. The molecule has 29 heavy (non-hydrogen) atoms. The number of nitrogens with one attached hydrogen (secondary N) is 1. The molecule has 0 radical (unpaired) electrons. The number of aromatic nitrogens is 2. The lowest BCUT2D eigenvalue weighted by molar-refractivity contribution is -0.518. The van der Waals surface area contributed by atoms with Crippen LogP contribution in [0.25, 0.3) is 5.65 Å². The number of rotatable bonds is 6. The number of nitrogens with zero attached hydrogens (tertiary/aromatic N) is 4. The van der Waals surface area contributed by atoms with Gasteiger partial charge in [-0.25, -0.2) is 9.99 Å². The molecule has 0 bridgehead atoms. The number of aryl methyl sites for hydroxylation is 2. The highest BCUT2D eigenvalue weighted by atomic mass is 79.9. The van der Waals surface area contributed by atoms with Crippen molar-refractivity contribution < 1.29 is 26.1 Å². The Labute approximate surface area is 191 Å². The molecule has 3 N–H and O–H groups in total. The lowest BCUT2D eigenvalue weighted by Gasteiger charge is -2.04. The summed E-state index contributed by atoms with van der Waals surface area (Å²) in [5.41, 5.74) is 12.7. The predicted octanol–water partition coefficient (Wildman–Crippen LogP) is -0.509. The van der Waals surface area contributed by atoms with E-state index < -0.39 is 0 Å². The van der Waals surface area contributed by atoms with Crippen molar-refractivity contribution in [3.63, 3.8) is 0 Å². The summed E-state index contributed by atoms with van der Waals surface area (Å²) in [6.45, 7) is 5.12. The third kappa shape index (κ3) is 6.30. The highest BCUT2D eigenvalue weighted by Gasteiger charge is 2.15. The standard InChI is InChI=1S/C20H25N6O.2BrH/c1-4-22-20(21)24-23-12-16-8-10-18(11-9-16)27-14-17-13-26-15(2)6-5-7-19(26)25(17)3;;/h5-13H,4,14H2,1-3H3,(H3,21,22,24);2*1H/q+1;;/p-1/b23-12+;;. The van der Waals surface area contributed by atoms with Crippen molar-refractivity contribution in [3.05, 3.63) is 65.6 Å². The van der Waals surface area contributed by atoms with Crippen LogP contribution in [0.3, 0.4) is 0 Å². The predicted molar refractivity (Wildman–Crippen MR) is 117 cm³/mol. The number of hydrogen-bond donors (Lipinski definition) is 2. The Kier molecular flexibility index (Phi) is 9.84. The van der Waals surface area contributed by atoms with Crippen LogP contribution < -0.4 is 37.3 Å². The van der Waals surface area contributed by atoms with Crippen LogP contribution in [-0.2, 0) is 13.7 Å². The summed E-state index contributed by atoms with van der Waals surface area (Å²) in [5.74, 6) is 1.11. The topological polar surface area (TPSA) is 81.0 Å². The number of hydrogen-bond acceptors (Lipinski definition) is 3. The van der Waals surface area contributed by atoms with E-state index in [2.05, 4.69) is 55.8 Å². The molecule has 0 saturated heterocycles. The van der Waals surface area contributed by atoms with E-state index in [0.29, 0.717) is 19.1 Å². The van der Waals surface area contributed by atoms with Crippen molar-refractivity contribution in [2.24, 2.45) is 22.9 Å². The first-order chi connectivity index (χ1) is 13.1.